The molecule has 0 unspecified atom stereocenters. The molecule has 3 atom stereocenters. The summed E-state index contributed by atoms with van der Waals surface area (Å²) in [6.45, 7) is 4.44. The molecule has 0 aromatic rings. The van der Waals surface area contributed by atoms with Crippen LogP contribution in [0.4, 0.5) is 0 Å². The van der Waals surface area contributed by atoms with E-state index in [0.717, 1.165) is 12.8 Å². The van der Waals surface area contributed by atoms with Gasteiger partial charge in [-0.05, 0) is 30.6 Å². The normalized spacial score (nSPS) is 38.6. The van der Waals surface area contributed by atoms with Gasteiger partial charge in [-0.1, -0.05) is 13.8 Å². The fourth-order valence-electron chi connectivity index (χ4n) is 3.60. The molecule has 2 saturated carbocycles. The van der Waals surface area contributed by atoms with E-state index in [-0.39, 0.29) is 17.3 Å². The Balaban J connectivity index is 2.16. The van der Waals surface area contributed by atoms with E-state index in [1.807, 2.05) is 0 Å². The van der Waals surface area contributed by atoms with E-state index < -0.39 is 0 Å². The number of rotatable bonds is 2. The van der Waals surface area contributed by atoms with Crippen LogP contribution in [0.15, 0.2) is 0 Å². The molecule has 0 spiro atoms. The summed E-state index contributed by atoms with van der Waals surface area (Å²) in [6.07, 6.45) is 3.61. The zero-order valence-electron chi connectivity index (χ0n) is 8.92. The molecular weight excluding hydrogens is 174 g/mol. The van der Waals surface area contributed by atoms with Gasteiger partial charge in [-0.3, -0.25) is 4.79 Å². The Morgan fingerprint density at radius 1 is 1.50 bits per heavy atom. The van der Waals surface area contributed by atoms with Crippen molar-refractivity contribution in [2.24, 2.45) is 23.2 Å². The first-order valence-electron chi connectivity index (χ1n) is 5.49. The molecule has 2 fully saturated rings. The molecule has 0 amide bonds. The average molecular weight is 191 g/mol. The highest BCUT2D eigenvalue weighted by molar-refractivity contribution is 5.88. The highest BCUT2D eigenvalue weighted by atomic mass is 16.1. The van der Waals surface area contributed by atoms with E-state index >= 15 is 0 Å². The van der Waals surface area contributed by atoms with Crippen molar-refractivity contribution in [1.29, 1.82) is 5.26 Å². The minimum atomic E-state index is 0.198. The average Bonchev–Trinajstić information content (AvgIpc) is 2.51. The summed E-state index contributed by atoms with van der Waals surface area (Å²) < 4.78 is 0. The number of Topliss-reactive ketones (excluding diaryl/α,β-unsaturated/α-hetero) is 1. The van der Waals surface area contributed by atoms with Crippen LogP contribution in [0.2, 0.25) is 0 Å². The van der Waals surface area contributed by atoms with Gasteiger partial charge >= 0.3 is 0 Å². The molecular formula is C12H17NO. The number of hydrogen-bond donors (Lipinski definition) is 0. The molecule has 0 aliphatic heterocycles. The number of ketones is 1. The van der Waals surface area contributed by atoms with Crippen LogP contribution in [0.1, 0.15) is 39.5 Å². The molecule has 2 nitrogen and oxygen atoms in total. The van der Waals surface area contributed by atoms with Gasteiger partial charge in [0, 0.05) is 18.3 Å². The lowest BCUT2D eigenvalue weighted by molar-refractivity contribution is -0.126. The van der Waals surface area contributed by atoms with Crippen LogP contribution in [0.5, 0.6) is 0 Å². The molecule has 2 bridgehead atoms. The summed E-state index contributed by atoms with van der Waals surface area (Å²) in [4.78, 5) is 12.0. The third-order valence-electron chi connectivity index (χ3n) is 4.38. The summed E-state index contributed by atoms with van der Waals surface area (Å²) >= 11 is 0. The molecule has 2 aliphatic rings. The van der Waals surface area contributed by atoms with Gasteiger partial charge in [0.15, 0.2) is 0 Å². The van der Waals surface area contributed by atoms with E-state index in [0.29, 0.717) is 18.1 Å². The van der Waals surface area contributed by atoms with Crippen LogP contribution >= 0.6 is 0 Å². The summed E-state index contributed by atoms with van der Waals surface area (Å²) in [7, 11) is 0. The monoisotopic (exact) mass is 191 g/mol. The van der Waals surface area contributed by atoms with Gasteiger partial charge in [-0.15, -0.1) is 0 Å². The Hall–Kier alpha value is -0.840. The van der Waals surface area contributed by atoms with E-state index in [9.17, 15) is 4.79 Å². The highest BCUT2D eigenvalue weighted by Crippen LogP contribution is 2.59. The zero-order chi connectivity index (χ0) is 10.3. The summed E-state index contributed by atoms with van der Waals surface area (Å²) in [5.74, 6) is 1.48. The van der Waals surface area contributed by atoms with Crippen LogP contribution in [-0.2, 0) is 4.79 Å². The van der Waals surface area contributed by atoms with E-state index in [4.69, 9.17) is 5.26 Å². The number of carbonyl (C=O) groups excluding carboxylic acids is 1. The number of carbonyl (C=O) groups is 1. The molecule has 0 heterocycles. The summed E-state index contributed by atoms with van der Waals surface area (Å²) in [5, 5.41) is 8.55. The van der Waals surface area contributed by atoms with Gasteiger partial charge in [0.05, 0.1) is 6.07 Å². The van der Waals surface area contributed by atoms with Gasteiger partial charge in [-0.25, -0.2) is 0 Å². The van der Waals surface area contributed by atoms with E-state index in [2.05, 4.69) is 19.9 Å². The molecule has 2 heteroatoms. The lowest BCUT2D eigenvalue weighted by Crippen LogP contribution is -2.21. The fraction of sp³-hybridized carbons (Fsp3) is 0.833. The first kappa shape index (κ1) is 9.71. The molecule has 2 rings (SSSR count). The lowest BCUT2D eigenvalue weighted by atomic mass is 9.79. The number of nitriles is 1. The molecule has 76 valence electrons. The SMILES string of the molecule is CC1(C)[C@@H]2CC[C@H]1C(=O)[C@H]2CCC#N. The Labute approximate surface area is 85.3 Å². The second-order valence-corrected chi connectivity index (χ2v) is 5.26. The molecule has 2 aliphatic carbocycles. The molecule has 0 N–H and O–H groups in total. The van der Waals surface area contributed by atoms with Crippen molar-refractivity contribution < 1.29 is 4.79 Å². The van der Waals surface area contributed by atoms with Gasteiger partial charge in [-0.2, -0.15) is 5.26 Å². The minimum Gasteiger partial charge on any atom is -0.299 e. The van der Waals surface area contributed by atoms with Crippen molar-refractivity contribution >= 4 is 5.78 Å². The second-order valence-electron chi connectivity index (χ2n) is 5.26. The quantitative estimate of drug-likeness (QED) is 0.673. The van der Waals surface area contributed by atoms with E-state index in [1.165, 1.54) is 6.42 Å². The van der Waals surface area contributed by atoms with Crippen molar-refractivity contribution in [2.75, 3.05) is 0 Å². The van der Waals surface area contributed by atoms with Gasteiger partial charge in [0.25, 0.3) is 0 Å². The van der Waals surface area contributed by atoms with Crippen LogP contribution in [0.25, 0.3) is 0 Å². The first-order chi connectivity index (χ1) is 6.59. The summed E-state index contributed by atoms with van der Waals surface area (Å²) in [5.41, 5.74) is 0.206. The van der Waals surface area contributed by atoms with Crippen LogP contribution in [-0.4, -0.2) is 5.78 Å². The summed E-state index contributed by atoms with van der Waals surface area (Å²) in [6, 6.07) is 2.15. The number of nitrogens with zero attached hydrogens (tertiary/aromatic N) is 1. The van der Waals surface area contributed by atoms with Crippen molar-refractivity contribution in [3.05, 3.63) is 0 Å². The van der Waals surface area contributed by atoms with Crippen LogP contribution < -0.4 is 0 Å². The predicted octanol–water partition coefficient (Wildman–Crippen LogP) is 2.54. The Morgan fingerprint density at radius 2 is 2.21 bits per heavy atom. The van der Waals surface area contributed by atoms with Gasteiger partial charge in [0.2, 0.25) is 0 Å². The smallest absolute Gasteiger partial charge is 0.139 e. The Bertz CT molecular complexity index is 300. The standard InChI is InChI=1S/C12H17NO/c1-12(2)9-5-6-10(12)11(14)8(9)4-3-7-13/h8-10H,3-6H2,1-2H3/t8-,9+,10-/m0/s1. The Morgan fingerprint density at radius 3 is 2.71 bits per heavy atom. The fourth-order valence-corrected chi connectivity index (χ4v) is 3.60. The zero-order valence-corrected chi connectivity index (χ0v) is 8.92. The van der Waals surface area contributed by atoms with Gasteiger partial charge in [0.1, 0.15) is 5.78 Å². The van der Waals surface area contributed by atoms with Crippen LogP contribution in [0, 0.1) is 34.5 Å². The topological polar surface area (TPSA) is 40.9 Å². The van der Waals surface area contributed by atoms with Crippen molar-refractivity contribution in [1.82, 2.24) is 0 Å². The largest absolute Gasteiger partial charge is 0.299 e. The Kier molecular flexibility index (Phi) is 2.14. The minimum absolute atomic E-state index is 0.198. The predicted molar refractivity (Wildman–Crippen MR) is 53.3 cm³/mol. The van der Waals surface area contributed by atoms with Crippen LogP contribution in [0.3, 0.4) is 0 Å². The number of hydrogen-bond acceptors (Lipinski definition) is 2. The molecule has 0 saturated heterocycles. The van der Waals surface area contributed by atoms with E-state index in [1.54, 1.807) is 0 Å². The third kappa shape index (κ3) is 1.11. The second kappa shape index (κ2) is 3.08. The third-order valence-corrected chi connectivity index (χ3v) is 4.38. The van der Waals surface area contributed by atoms with Crippen molar-refractivity contribution in [3.8, 4) is 6.07 Å². The molecule has 0 radical (unpaired) electrons. The van der Waals surface area contributed by atoms with Crippen molar-refractivity contribution in [3.63, 3.8) is 0 Å². The highest BCUT2D eigenvalue weighted by Gasteiger charge is 2.58. The lowest BCUT2D eigenvalue weighted by Gasteiger charge is -2.24. The maximum absolute atomic E-state index is 12.0. The molecule has 14 heavy (non-hydrogen) atoms. The molecule has 0 aromatic carbocycles. The van der Waals surface area contributed by atoms with Crippen molar-refractivity contribution in [2.45, 2.75) is 39.5 Å². The van der Waals surface area contributed by atoms with Gasteiger partial charge < -0.3 is 0 Å². The molecule has 0 aromatic heterocycles. The number of fused-ring (bicyclic) bond motifs is 2. The first-order valence-corrected chi connectivity index (χ1v) is 5.49. The maximum atomic E-state index is 12.0. The maximum Gasteiger partial charge on any atom is 0.139 e.